The number of aromatic nitrogens is 2. The van der Waals surface area contributed by atoms with Gasteiger partial charge in [0.2, 0.25) is 0 Å². The van der Waals surface area contributed by atoms with Crippen molar-refractivity contribution >= 4 is 11.6 Å². The van der Waals surface area contributed by atoms with Crippen LogP contribution in [0.15, 0.2) is 0 Å². The van der Waals surface area contributed by atoms with Crippen molar-refractivity contribution in [3.8, 4) is 0 Å². The van der Waals surface area contributed by atoms with E-state index in [1.165, 1.54) is 12.0 Å². The van der Waals surface area contributed by atoms with Crippen molar-refractivity contribution in [1.29, 1.82) is 0 Å². The van der Waals surface area contributed by atoms with Crippen molar-refractivity contribution < 1.29 is 0 Å². The third-order valence-electron chi connectivity index (χ3n) is 2.58. The lowest BCUT2D eigenvalue weighted by Gasteiger charge is -2.21. The number of hydrogen-bond donors (Lipinski definition) is 0. The molecule has 1 unspecified atom stereocenters. The molecule has 13 heavy (non-hydrogen) atoms. The van der Waals surface area contributed by atoms with E-state index in [4.69, 9.17) is 11.6 Å². The maximum atomic E-state index is 6.06. The molecule has 1 aromatic heterocycles. The molecular weight excluding hydrogens is 184 g/mol. The summed E-state index contributed by atoms with van der Waals surface area (Å²) in [5.74, 6) is 1.51. The van der Waals surface area contributed by atoms with Gasteiger partial charge in [-0.05, 0) is 32.1 Å². The monoisotopic (exact) mass is 196 g/mol. The molecule has 0 spiro atoms. The molecule has 0 amide bonds. The molecular formula is C10H13ClN2. The normalized spacial score (nSPS) is 21.3. The Morgan fingerprint density at radius 2 is 2.15 bits per heavy atom. The highest BCUT2D eigenvalue weighted by atomic mass is 35.5. The lowest BCUT2D eigenvalue weighted by Crippen LogP contribution is -2.15. The van der Waals surface area contributed by atoms with E-state index in [0.29, 0.717) is 5.15 Å². The fourth-order valence-electron chi connectivity index (χ4n) is 1.86. The predicted molar refractivity (Wildman–Crippen MR) is 53.0 cm³/mol. The van der Waals surface area contributed by atoms with Gasteiger partial charge in [0.25, 0.3) is 0 Å². The average Bonchev–Trinajstić information content (AvgIpc) is 2.06. The van der Waals surface area contributed by atoms with E-state index in [9.17, 15) is 0 Å². The zero-order valence-corrected chi connectivity index (χ0v) is 8.73. The first-order chi connectivity index (χ1) is 6.16. The summed E-state index contributed by atoms with van der Waals surface area (Å²) in [6, 6.07) is 0. The highest BCUT2D eigenvalue weighted by Gasteiger charge is 2.19. The number of rotatable bonds is 0. The van der Waals surface area contributed by atoms with Gasteiger partial charge in [0.1, 0.15) is 11.0 Å². The number of aryl methyl sites for hydroxylation is 2. The molecule has 0 N–H and O–H groups in total. The predicted octanol–water partition coefficient (Wildman–Crippen LogP) is 2.56. The minimum absolute atomic E-state index is 0.661. The van der Waals surface area contributed by atoms with E-state index in [2.05, 4.69) is 16.9 Å². The Morgan fingerprint density at radius 3 is 2.92 bits per heavy atom. The summed E-state index contributed by atoms with van der Waals surface area (Å²) >= 11 is 6.06. The standard InChI is InChI=1S/C10H13ClN2/c1-6-3-4-9-8(5-6)10(11)13-7(2)12-9/h6H,3-5H2,1-2H3. The van der Waals surface area contributed by atoms with Crippen LogP contribution in [-0.4, -0.2) is 9.97 Å². The average molecular weight is 197 g/mol. The van der Waals surface area contributed by atoms with Crippen molar-refractivity contribution in [3.63, 3.8) is 0 Å². The quantitative estimate of drug-likeness (QED) is 0.596. The van der Waals surface area contributed by atoms with Crippen LogP contribution in [0, 0.1) is 12.8 Å². The molecule has 0 aromatic carbocycles. The molecule has 0 saturated carbocycles. The highest BCUT2D eigenvalue weighted by Crippen LogP contribution is 2.28. The molecule has 0 fully saturated rings. The number of hydrogen-bond acceptors (Lipinski definition) is 2. The molecule has 0 bridgehead atoms. The summed E-state index contributed by atoms with van der Waals surface area (Å²) in [7, 11) is 0. The molecule has 2 nitrogen and oxygen atoms in total. The number of nitrogens with zero attached hydrogens (tertiary/aromatic N) is 2. The molecule has 0 saturated heterocycles. The fraction of sp³-hybridized carbons (Fsp3) is 0.600. The zero-order valence-electron chi connectivity index (χ0n) is 7.97. The van der Waals surface area contributed by atoms with Crippen LogP contribution >= 0.6 is 11.6 Å². The van der Waals surface area contributed by atoms with Crippen LogP contribution in [0.5, 0.6) is 0 Å². The Hall–Kier alpha value is -0.630. The van der Waals surface area contributed by atoms with E-state index in [1.807, 2.05) is 6.92 Å². The second kappa shape index (κ2) is 3.26. The van der Waals surface area contributed by atoms with Gasteiger partial charge in [0.05, 0.1) is 0 Å². The Morgan fingerprint density at radius 1 is 1.38 bits per heavy atom. The zero-order chi connectivity index (χ0) is 9.42. The first-order valence-electron chi connectivity index (χ1n) is 4.68. The van der Waals surface area contributed by atoms with Crippen molar-refractivity contribution in [3.05, 3.63) is 22.2 Å². The molecule has 1 heterocycles. The topological polar surface area (TPSA) is 25.8 Å². The van der Waals surface area contributed by atoms with E-state index in [1.54, 1.807) is 0 Å². The maximum Gasteiger partial charge on any atom is 0.136 e. The van der Waals surface area contributed by atoms with Crippen LogP contribution in [0.25, 0.3) is 0 Å². The largest absolute Gasteiger partial charge is 0.238 e. The number of fused-ring (bicyclic) bond motifs is 1. The van der Waals surface area contributed by atoms with Gasteiger partial charge in [-0.25, -0.2) is 9.97 Å². The fourth-order valence-corrected chi connectivity index (χ4v) is 2.17. The van der Waals surface area contributed by atoms with Gasteiger partial charge in [-0.2, -0.15) is 0 Å². The smallest absolute Gasteiger partial charge is 0.136 e. The van der Waals surface area contributed by atoms with Gasteiger partial charge in [0, 0.05) is 11.3 Å². The second-order valence-corrected chi connectivity index (χ2v) is 4.19. The minimum Gasteiger partial charge on any atom is -0.238 e. The molecule has 3 heteroatoms. The van der Waals surface area contributed by atoms with Crippen LogP contribution in [0.3, 0.4) is 0 Å². The molecule has 0 aliphatic heterocycles. The highest BCUT2D eigenvalue weighted by molar-refractivity contribution is 6.30. The molecule has 1 aliphatic rings. The van der Waals surface area contributed by atoms with Gasteiger partial charge in [0.15, 0.2) is 0 Å². The third-order valence-corrected chi connectivity index (χ3v) is 2.89. The molecule has 0 radical (unpaired) electrons. The summed E-state index contributed by atoms with van der Waals surface area (Å²) in [6.07, 6.45) is 3.31. The van der Waals surface area contributed by atoms with Gasteiger partial charge in [-0.15, -0.1) is 0 Å². The van der Waals surface area contributed by atoms with Gasteiger partial charge < -0.3 is 0 Å². The van der Waals surface area contributed by atoms with Crippen LogP contribution in [-0.2, 0) is 12.8 Å². The Labute approximate surface area is 83.4 Å². The van der Waals surface area contributed by atoms with Crippen molar-refractivity contribution in [1.82, 2.24) is 9.97 Å². The lowest BCUT2D eigenvalue weighted by molar-refractivity contribution is 0.491. The van der Waals surface area contributed by atoms with E-state index in [0.717, 1.165) is 30.3 Å². The van der Waals surface area contributed by atoms with Gasteiger partial charge >= 0.3 is 0 Å². The van der Waals surface area contributed by atoms with E-state index in [-0.39, 0.29) is 0 Å². The summed E-state index contributed by atoms with van der Waals surface area (Å²) in [4.78, 5) is 8.59. The van der Waals surface area contributed by atoms with Crippen molar-refractivity contribution in [2.45, 2.75) is 33.1 Å². The summed E-state index contributed by atoms with van der Waals surface area (Å²) in [6.45, 7) is 4.14. The summed E-state index contributed by atoms with van der Waals surface area (Å²) in [5, 5.41) is 0.661. The minimum atomic E-state index is 0.661. The Bertz CT molecular complexity index is 336. The summed E-state index contributed by atoms with van der Waals surface area (Å²) < 4.78 is 0. The van der Waals surface area contributed by atoms with Crippen LogP contribution < -0.4 is 0 Å². The number of halogens is 1. The van der Waals surface area contributed by atoms with E-state index < -0.39 is 0 Å². The maximum absolute atomic E-state index is 6.06. The van der Waals surface area contributed by atoms with Gasteiger partial charge in [-0.1, -0.05) is 18.5 Å². The first-order valence-corrected chi connectivity index (χ1v) is 5.06. The summed E-state index contributed by atoms with van der Waals surface area (Å²) in [5.41, 5.74) is 2.33. The SMILES string of the molecule is Cc1nc(Cl)c2c(n1)CCC(C)C2. The van der Waals surface area contributed by atoms with Crippen molar-refractivity contribution in [2.75, 3.05) is 0 Å². The van der Waals surface area contributed by atoms with Crippen LogP contribution in [0.1, 0.15) is 30.4 Å². The van der Waals surface area contributed by atoms with E-state index >= 15 is 0 Å². The van der Waals surface area contributed by atoms with Crippen molar-refractivity contribution in [2.24, 2.45) is 5.92 Å². The molecule has 2 rings (SSSR count). The molecule has 1 aromatic rings. The molecule has 1 aliphatic carbocycles. The molecule has 70 valence electrons. The Balaban J connectivity index is 2.47. The molecule has 1 atom stereocenters. The van der Waals surface area contributed by atoms with Crippen LogP contribution in [0.4, 0.5) is 0 Å². The van der Waals surface area contributed by atoms with Crippen LogP contribution in [0.2, 0.25) is 5.15 Å². The first kappa shape index (κ1) is 8.95. The lowest BCUT2D eigenvalue weighted by atomic mass is 9.89. The van der Waals surface area contributed by atoms with Gasteiger partial charge in [-0.3, -0.25) is 0 Å². The third kappa shape index (κ3) is 1.68. The Kier molecular flexibility index (Phi) is 2.24. The second-order valence-electron chi connectivity index (χ2n) is 3.83.